The lowest BCUT2D eigenvalue weighted by Gasteiger charge is -2.20. The van der Waals surface area contributed by atoms with Crippen molar-refractivity contribution in [2.24, 2.45) is 5.73 Å². The van der Waals surface area contributed by atoms with Gasteiger partial charge in [-0.15, -0.1) is 0 Å². The maximum absolute atomic E-state index is 6.05. The van der Waals surface area contributed by atoms with E-state index in [4.69, 9.17) is 15.2 Å². The Morgan fingerprint density at radius 2 is 1.87 bits per heavy atom. The molecule has 0 spiro atoms. The zero-order valence-electron chi connectivity index (χ0n) is 9.35. The molecule has 0 aliphatic heterocycles. The molecule has 0 aromatic heterocycles. The molecule has 1 rings (SSSR count). The number of hydrogen-bond acceptors (Lipinski definition) is 3. The van der Waals surface area contributed by atoms with E-state index in [1.807, 2.05) is 37.3 Å². The summed E-state index contributed by atoms with van der Waals surface area (Å²) >= 11 is 0. The highest BCUT2D eigenvalue weighted by molar-refractivity contribution is 5.19. The summed E-state index contributed by atoms with van der Waals surface area (Å²) in [6.07, 6.45) is 0.00236. The monoisotopic (exact) mass is 209 g/mol. The van der Waals surface area contributed by atoms with Crippen LogP contribution >= 0.6 is 0 Å². The van der Waals surface area contributed by atoms with Crippen LogP contribution in [0, 0.1) is 0 Å². The fourth-order valence-corrected chi connectivity index (χ4v) is 1.37. The minimum Gasteiger partial charge on any atom is -0.382 e. The van der Waals surface area contributed by atoms with Gasteiger partial charge < -0.3 is 15.2 Å². The van der Waals surface area contributed by atoms with Crippen molar-refractivity contribution in [3.8, 4) is 0 Å². The molecule has 2 unspecified atom stereocenters. The molecule has 1 aromatic rings. The zero-order valence-corrected chi connectivity index (χ0v) is 9.35. The molecule has 2 N–H and O–H groups in total. The van der Waals surface area contributed by atoms with Gasteiger partial charge in [0.2, 0.25) is 0 Å². The Labute approximate surface area is 91.2 Å². The molecule has 84 valence electrons. The molecule has 15 heavy (non-hydrogen) atoms. The summed E-state index contributed by atoms with van der Waals surface area (Å²) in [5.74, 6) is 0. The zero-order chi connectivity index (χ0) is 11.1. The summed E-state index contributed by atoms with van der Waals surface area (Å²) in [5, 5.41) is 0. The molecule has 0 amide bonds. The summed E-state index contributed by atoms with van der Waals surface area (Å²) in [5.41, 5.74) is 7.15. The maximum Gasteiger partial charge on any atom is 0.0740 e. The van der Waals surface area contributed by atoms with Gasteiger partial charge in [0, 0.05) is 7.11 Å². The summed E-state index contributed by atoms with van der Waals surface area (Å²) < 4.78 is 10.5. The van der Waals surface area contributed by atoms with Crippen molar-refractivity contribution in [2.75, 3.05) is 20.3 Å². The van der Waals surface area contributed by atoms with E-state index in [-0.39, 0.29) is 12.1 Å². The molecule has 0 saturated carbocycles. The number of rotatable bonds is 6. The van der Waals surface area contributed by atoms with E-state index in [0.717, 1.165) is 5.56 Å². The van der Waals surface area contributed by atoms with Crippen LogP contribution in [-0.2, 0) is 9.47 Å². The van der Waals surface area contributed by atoms with Crippen LogP contribution in [0.5, 0.6) is 0 Å². The predicted molar refractivity (Wildman–Crippen MR) is 60.7 cm³/mol. The van der Waals surface area contributed by atoms with Gasteiger partial charge >= 0.3 is 0 Å². The van der Waals surface area contributed by atoms with Gasteiger partial charge in [-0.25, -0.2) is 0 Å². The molecule has 3 nitrogen and oxygen atoms in total. The largest absolute Gasteiger partial charge is 0.382 e. The van der Waals surface area contributed by atoms with Gasteiger partial charge in [-0.05, 0) is 12.5 Å². The van der Waals surface area contributed by atoms with Crippen LogP contribution in [0.15, 0.2) is 30.3 Å². The van der Waals surface area contributed by atoms with Gasteiger partial charge in [-0.3, -0.25) is 0 Å². The summed E-state index contributed by atoms with van der Waals surface area (Å²) in [4.78, 5) is 0. The smallest absolute Gasteiger partial charge is 0.0740 e. The van der Waals surface area contributed by atoms with E-state index in [2.05, 4.69) is 0 Å². The molecule has 2 atom stereocenters. The van der Waals surface area contributed by atoms with Crippen molar-refractivity contribution in [3.63, 3.8) is 0 Å². The first kappa shape index (κ1) is 12.2. The Hall–Kier alpha value is -0.900. The Morgan fingerprint density at radius 3 is 2.47 bits per heavy atom. The van der Waals surface area contributed by atoms with Crippen LogP contribution < -0.4 is 5.73 Å². The Kier molecular flexibility index (Phi) is 5.32. The molecule has 0 radical (unpaired) electrons. The molecule has 0 heterocycles. The number of ether oxygens (including phenoxy) is 2. The number of benzene rings is 1. The van der Waals surface area contributed by atoms with Crippen molar-refractivity contribution >= 4 is 0 Å². The fraction of sp³-hybridized carbons (Fsp3) is 0.500. The van der Waals surface area contributed by atoms with Crippen molar-refractivity contribution in [2.45, 2.75) is 19.1 Å². The molecular formula is C12H19NO2. The van der Waals surface area contributed by atoms with E-state index in [1.165, 1.54) is 0 Å². The highest BCUT2D eigenvalue weighted by atomic mass is 16.5. The standard InChI is InChI=1S/C12H19NO2/c1-10(15-9-8-14-2)12(13)11-6-4-3-5-7-11/h3-7,10,12H,8-9,13H2,1-2H3. The fourth-order valence-electron chi connectivity index (χ4n) is 1.37. The lowest BCUT2D eigenvalue weighted by molar-refractivity contribution is 0.0139. The molecule has 0 saturated heterocycles. The summed E-state index contributed by atoms with van der Waals surface area (Å²) in [6, 6.07) is 9.89. The molecule has 0 aliphatic carbocycles. The minimum atomic E-state index is -0.0805. The second-order valence-electron chi connectivity index (χ2n) is 3.51. The number of nitrogens with two attached hydrogens (primary N) is 1. The topological polar surface area (TPSA) is 44.5 Å². The lowest BCUT2D eigenvalue weighted by Crippen LogP contribution is -2.27. The Morgan fingerprint density at radius 1 is 1.20 bits per heavy atom. The number of hydrogen-bond donors (Lipinski definition) is 1. The summed E-state index contributed by atoms with van der Waals surface area (Å²) in [7, 11) is 1.66. The SMILES string of the molecule is COCCOC(C)C(N)c1ccccc1. The van der Waals surface area contributed by atoms with E-state index < -0.39 is 0 Å². The number of methoxy groups -OCH3 is 1. The summed E-state index contributed by atoms with van der Waals surface area (Å²) in [6.45, 7) is 3.16. The van der Waals surface area contributed by atoms with Gasteiger partial charge in [-0.1, -0.05) is 30.3 Å². The van der Waals surface area contributed by atoms with E-state index in [1.54, 1.807) is 7.11 Å². The van der Waals surface area contributed by atoms with E-state index in [0.29, 0.717) is 13.2 Å². The van der Waals surface area contributed by atoms with Crippen LogP contribution in [0.3, 0.4) is 0 Å². The van der Waals surface area contributed by atoms with Gasteiger partial charge in [0.1, 0.15) is 0 Å². The Bertz CT molecular complexity index is 264. The molecule has 3 heteroatoms. The third-order valence-corrected chi connectivity index (χ3v) is 2.36. The first-order valence-electron chi connectivity index (χ1n) is 5.16. The second-order valence-corrected chi connectivity index (χ2v) is 3.51. The van der Waals surface area contributed by atoms with E-state index in [9.17, 15) is 0 Å². The third-order valence-electron chi connectivity index (χ3n) is 2.36. The van der Waals surface area contributed by atoms with Gasteiger partial charge in [0.05, 0.1) is 25.4 Å². The third kappa shape index (κ3) is 4.00. The van der Waals surface area contributed by atoms with Gasteiger partial charge in [-0.2, -0.15) is 0 Å². The average molecular weight is 209 g/mol. The highest BCUT2D eigenvalue weighted by Gasteiger charge is 2.14. The first-order valence-corrected chi connectivity index (χ1v) is 5.16. The predicted octanol–water partition coefficient (Wildman–Crippen LogP) is 1.74. The van der Waals surface area contributed by atoms with Crippen LogP contribution in [-0.4, -0.2) is 26.4 Å². The van der Waals surface area contributed by atoms with Crippen molar-refractivity contribution in [1.29, 1.82) is 0 Å². The normalized spacial score (nSPS) is 14.9. The Balaban J connectivity index is 2.42. The van der Waals surface area contributed by atoms with E-state index >= 15 is 0 Å². The molecule has 1 aromatic carbocycles. The highest BCUT2D eigenvalue weighted by Crippen LogP contribution is 2.15. The van der Waals surface area contributed by atoms with Gasteiger partial charge in [0.15, 0.2) is 0 Å². The molecule has 0 fully saturated rings. The van der Waals surface area contributed by atoms with Crippen molar-refractivity contribution in [1.82, 2.24) is 0 Å². The maximum atomic E-state index is 6.05. The first-order chi connectivity index (χ1) is 7.25. The lowest BCUT2D eigenvalue weighted by atomic mass is 10.0. The second kappa shape index (κ2) is 6.56. The van der Waals surface area contributed by atoms with Crippen LogP contribution in [0.2, 0.25) is 0 Å². The quantitative estimate of drug-likeness (QED) is 0.726. The molecule has 0 aliphatic rings. The molecule has 0 bridgehead atoms. The molecular weight excluding hydrogens is 190 g/mol. The minimum absolute atomic E-state index is 0.00236. The van der Waals surface area contributed by atoms with Crippen LogP contribution in [0.25, 0.3) is 0 Å². The van der Waals surface area contributed by atoms with Gasteiger partial charge in [0.25, 0.3) is 0 Å². The average Bonchev–Trinajstić information content (AvgIpc) is 2.29. The van der Waals surface area contributed by atoms with Crippen LogP contribution in [0.4, 0.5) is 0 Å². The van der Waals surface area contributed by atoms with Crippen molar-refractivity contribution in [3.05, 3.63) is 35.9 Å². The van der Waals surface area contributed by atoms with Crippen LogP contribution in [0.1, 0.15) is 18.5 Å². The van der Waals surface area contributed by atoms with Crippen molar-refractivity contribution < 1.29 is 9.47 Å².